The van der Waals surface area contributed by atoms with E-state index in [1.54, 1.807) is 0 Å². The van der Waals surface area contributed by atoms with E-state index in [1.807, 2.05) is 0 Å². The van der Waals surface area contributed by atoms with Gasteiger partial charge in [0.2, 0.25) is 0 Å². The van der Waals surface area contributed by atoms with Crippen molar-refractivity contribution < 1.29 is 22.6 Å². The fraction of sp³-hybridized carbons (Fsp3) is 0.455. The van der Waals surface area contributed by atoms with Crippen LogP contribution in [0.15, 0.2) is 18.2 Å². The third kappa shape index (κ3) is 2.81. The summed E-state index contributed by atoms with van der Waals surface area (Å²) in [5, 5.41) is 0. The minimum atomic E-state index is -4.19. The Morgan fingerprint density at radius 3 is 2.44 bits per heavy atom. The predicted octanol–water partition coefficient (Wildman–Crippen LogP) is 2.95. The summed E-state index contributed by atoms with van der Waals surface area (Å²) in [6.07, 6.45) is -4.40. The van der Waals surface area contributed by atoms with Gasteiger partial charge in [0.15, 0.2) is 11.5 Å². The van der Waals surface area contributed by atoms with Crippen LogP contribution in [0.1, 0.15) is 12.0 Å². The van der Waals surface area contributed by atoms with Crippen LogP contribution in [-0.2, 0) is 6.42 Å². The number of hydrogen-bond donors (Lipinski definition) is 0. The summed E-state index contributed by atoms with van der Waals surface area (Å²) >= 11 is 0. The first kappa shape index (κ1) is 11.1. The molecule has 2 rings (SSSR count). The Morgan fingerprint density at radius 1 is 1.06 bits per heavy atom. The minimum Gasteiger partial charge on any atom is -0.490 e. The Labute approximate surface area is 91.0 Å². The normalized spacial score (nSPS) is 15.7. The Kier molecular flexibility index (Phi) is 2.94. The van der Waals surface area contributed by atoms with E-state index in [2.05, 4.69) is 0 Å². The van der Waals surface area contributed by atoms with E-state index in [-0.39, 0.29) is 5.56 Å². The SMILES string of the molecule is FC(F)(F)Cc1ccc2c(c1)OCCCO2. The van der Waals surface area contributed by atoms with Crippen molar-refractivity contribution >= 4 is 0 Å². The van der Waals surface area contributed by atoms with E-state index in [0.717, 1.165) is 6.42 Å². The van der Waals surface area contributed by atoms with Gasteiger partial charge in [0.25, 0.3) is 0 Å². The highest BCUT2D eigenvalue weighted by Crippen LogP contribution is 2.32. The van der Waals surface area contributed by atoms with Gasteiger partial charge in [-0.05, 0) is 17.7 Å². The quantitative estimate of drug-likeness (QED) is 0.741. The molecule has 0 fully saturated rings. The van der Waals surface area contributed by atoms with Gasteiger partial charge in [0.1, 0.15) is 0 Å². The number of halogens is 3. The number of fused-ring (bicyclic) bond motifs is 1. The summed E-state index contributed by atoms with van der Waals surface area (Å²) in [4.78, 5) is 0. The molecule has 1 heterocycles. The molecule has 0 N–H and O–H groups in total. The summed E-state index contributed by atoms with van der Waals surface area (Å²) in [6.45, 7) is 1.01. The van der Waals surface area contributed by atoms with Gasteiger partial charge in [-0.15, -0.1) is 0 Å². The second-order valence-corrected chi connectivity index (χ2v) is 3.62. The van der Waals surface area contributed by atoms with Crippen molar-refractivity contribution in [2.75, 3.05) is 13.2 Å². The van der Waals surface area contributed by atoms with Crippen molar-refractivity contribution in [2.45, 2.75) is 19.0 Å². The smallest absolute Gasteiger partial charge is 0.393 e. The van der Waals surface area contributed by atoms with Crippen LogP contribution in [0, 0.1) is 0 Å². The Balaban J connectivity index is 2.21. The van der Waals surface area contributed by atoms with E-state index >= 15 is 0 Å². The van der Waals surface area contributed by atoms with Crippen LogP contribution in [0.3, 0.4) is 0 Å². The molecule has 0 saturated heterocycles. The molecule has 0 bridgehead atoms. The van der Waals surface area contributed by atoms with E-state index in [1.165, 1.54) is 18.2 Å². The summed E-state index contributed by atoms with van der Waals surface area (Å²) in [5.41, 5.74) is 0.191. The molecule has 0 saturated carbocycles. The Bertz CT molecular complexity index is 374. The standard InChI is InChI=1S/C11H11F3O2/c12-11(13,14)7-8-2-3-9-10(6-8)16-5-1-4-15-9/h2-3,6H,1,4-5,7H2. The average molecular weight is 232 g/mol. The molecule has 1 aromatic rings. The second-order valence-electron chi connectivity index (χ2n) is 3.62. The first-order valence-corrected chi connectivity index (χ1v) is 5.00. The number of rotatable bonds is 1. The van der Waals surface area contributed by atoms with Crippen molar-refractivity contribution in [1.29, 1.82) is 0 Å². The Morgan fingerprint density at radius 2 is 1.75 bits per heavy atom. The highest BCUT2D eigenvalue weighted by Gasteiger charge is 2.28. The van der Waals surface area contributed by atoms with Crippen LogP contribution in [0.25, 0.3) is 0 Å². The van der Waals surface area contributed by atoms with E-state index in [0.29, 0.717) is 24.7 Å². The monoisotopic (exact) mass is 232 g/mol. The molecule has 16 heavy (non-hydrogen) atoms. The van der Waals surface area contributed by atoms with Crippen LogP contribution < -0.4 is 9.47 Å². The van der Waals surface area contributed by atoms with Gasteiger partial charge in [0, 0.05) is 6.42 Å². The molecule has 2 nitrogen and oxygen atoms in total. The van der Waals surface area contributed by atoms with Gasteiger partial charge in [-0.25, -0.2) is 0 Å². The molecule has 0 unspecified atom stereocenters. The molecular weight excluding hydrogens is 221 g/mol. The number of alkyl halides is 3. The Hall–Kier alpha value is -1.39. The molecule has 0 aliphatic carbocycles. The van der Waals surface area contributed by atoms with Crippen LogP contribution in [-0.4, -0.2) is 19.4 Å². The number of benzene rings is 1. The third-order valence-corrected chi connectivity index (χ3v) is 2.22. The molecule has 0 atom stereocenters. The van der Waals surface area contributed by atoms with Crippen molar-refractivity contribution in [3.8, 4) is 11.5 Å². The molecule has 88 valence electrons. The first-order chi connectivity index (χ1) is 7.54. The maximum Gasteiger partial charge on any atom is 0.393 e. The molecule has 0 amide bonds. The molecule has 0 aromatic heterocycles. The summed E-state index contributed by atoms with van der Waals surface area (Å²) < 4.78 is 47.2. The van der Waals surface area contributed by atoms with Crippen LogP contribution in [0.5, 0.6) is 11.5 Å². The largest absolute Gasteiger partial charge is 0.490 e. The van der Waals surface area contributed by atoms with Gasteiger partial charge in [0.05, 0.1) is 19.6 Å². The van der Waals surface area contributed by atoms with Crippen LogP contribution >= 0.6 is 0 Å². The summed E-state index contributed by atoms with van der Waals surface area (Å²) in [6, 6.07) is 4.34. The molecular formula is C11H11F3O2. The van der Waals surface area contributed by atoms with Gasteiger partial charge in [-0.2, -0.15) is 13.2 Å². The lowest BCUT2D eigenvalue weighted by Gasteiger charge is -2.10. The summed E-state index contributed by atoms with van der Waals surface area (Å²) in [5.74, 6) is 0.919. The molecule has 5 heteroatoms. The zero-order valence-corrected chi connectivity index (χ0v) is 8.51. The zero-order chi connectivity index (χ0) is 11.6. The van der Waals surface area contributed by atoms with E-state index in [4.69, 9.17) is 9.47 Å². The topological polar surface area (TPSA) is 18.5 Å². The van der Waals surface area contributed by atoms with Gasteiger partial charge >= 0.3 is 6.18 Å². The van der Waals surface area contributed by atoms with Crippen LogP contribution in [0.4, 0.5) is 13.2 Å². The predicted molar refractivity (Wildman–Crippen MR) is 51.8 cm³/mol. The maximum absolute atomic E-state index is 12.2. The van der Waals surface area contributed by atoms with Gasteiger partial charge in [-0.1, -0.05) is 6.07 Å². The third-order valence-electron chi connectivity index (χ3n) is 2.22. The van der Waals surface area contributed by atoms with Gasteiger partial charge < -0.3 is 9.47 Å². The lowest BCUT2D eigenvalue weighted by Crippen LogP contribution is -2.11. The highest BCUT2D eigenvalue weighted by molar-refractivity contribution is 5.43. The highest BCUT2D eigenvalue weighted by atomic mass is 19.4. The molecule has 1 aliphatic rings. The number of ether oxygens (including phenoxy) is 2. The molecule has 0 radical (unpaired) electrons. The zero-order valence-electron chi connectivity index (χ0n) is 8.51. The fourth-order valence-corrected chi connectivity index (χ4v) is 1.55. The molecule has 1 aliphatic heterocycles. The van der Waals surface area contributed by atoms with E-state index < -0.39 is 12.6 Å². The maximum atomic E-state index is 12.2. The van der Waals surface area contributed by atoms with E-state index in [9.17, 15) is 13.2 Å². The fourth-order valence-electron chi connectivity index (χ4n) is 1.55. The summed E-state index contributed by atoms with van der Waals surface area (Å²) in [7, 11) is 0. The van der Waals surface area contributed by atoms with Crippen LogP contribution in [0.2, 0.25) is 0 Å². The van der Waals surface area contributed by atoms with Crippen molar-refractivity contribution in [1.82, 2.24) is 0 Å². The first-order valence-electron chi connectivity index (χ1n) is 5.00. The van der Waals surface area contributed by atoms with Crippen molar-refractivity contribution in [2.24, 2.45) is 0 Å². The lowest BCUT2D eigenvalue weighted by molar-refractivity contribution is -0.127. The average Bonchev–Trinajstić information content (AvgIpc) is 2.39. The van der Waals surface area contributed by atoms with Crippen molar-refractivity contribution in [3.05, 3.63) is 23.8 Å². The minimum absolute atomic E-state index is 0.191. The molecule has 0 spiro atoms. The van der Waals surface area contributed by atoms with Gasteiger partial charge in [-0.3, -0.25) is 0 Å². The second kappa shape index (κ2) is 4.23. The number of hydrogen-bond acceptors (Lipinski definition) is 2. The molecule has 1 aromatic carbocycles. The lowest BCUT2D eigenvalue weighted by atomic mass is 10.1. The van der Waals surface area contributed by atoms with Crippen molar-refractivity contribution in [3.63, 3.8) is 0 Å².